The Morgan fingerprint density at radius 2 is 1.94 bits per heavy atom. The quantitative estimate of drug-likeness (QED) is 0.901. The van der Waals surface area contributed by atoms with Gasteiger partial charge in [0.15, 0.2) is 0 Å². The first-order valence-corrected chi connectivity index (χ1v) is 5.94. The van der Waals surface area contributed by atoms with Gasteiger partial charge < -0.3 is 5.73 Å². The van der Waals surface area contributed by atoms with Gasteiger partial charge in [0.2, 0.25) is 0 Å². The molecule has 0 aliphatic heterocycles. The minimum atomic E-state index is -0.622. The van der Waals surface area contributed by atoms with Crippen molar-refractivity contribution in [3.05, 3.63) is 65.2 Å². The van der Waals surface area contributed by atoms with E-state index >= 15 is 0 Å². The molecule has 0 aliphatic rings. The zero-order valence-corrected chi connectivity index (χ0v) is 10.7. The minimum Gasteiger partial charge on any atom is -0.321 e. The largest absolute Gasteiger partial charge is 0.321 e. The molecule has 2 nitrogen and oxygen atoms in total. The Morgan fingerprint density at radius 1 is 1.22 bits per heavy atom. The molecule has 0 aliphatic carbocycles. The first-order valence-electron chi connectivity index (χ1n) is 5.94. The Bertz CT molecular complexity index is 532. The minimum absolute atomic E-state index is 0.214. The number of nitrogens with two attached hydrogens (primary N) is 1. The SMILES string of the molecule is Cc1ccc(C(C)(N)Cc2ccccc2F)cn1. The summed E-state index contributed by atoms with van der Waals surface area (Å²) in [5.74, 6) is -0.214. The van der Waals surface area contributed by atoms with E-state index in [-0.39, 0.29) is 5.82 Å². The van der Waals surface area contributed by atoms with E-state index in [0.717, 1.165) is 11.3 Å². The first kappa shape index (κ1) is 12.7. The van der Waals surface area contributed by atoms with Gasteiger partial charge in [0.25, 0.3) is 0 Å². The summed E-state index contributed by atoms with van der Waals surface area (Å²) in [4.78, 5) is 4.24. The Labute approximate surface area is 107 Å². The molecule has 18 heavy (non-hydrogen) atoms. The summed E-state index contributed by atoms with van der Waals surface area (Å²) in [5, 5.41) is 0. The van der Waals surface area contributed by atoms with Crippen LogP contribution in [0.15, 0.2) is 42.6 Å². The highest BCUT2D eigenvalue weighted by Crippen LogP contribution is 2.23. The molecule has 94 valence electrons. The van der Waals surface area contributed by atoms with Gasteiger partial charge in [-0.3, -0.25) is 4.98 Å². The van der Waals surface area contributed by atoms with Gasteiger partial charge in [-0.15, -0.1) is 0 Å². The molecule has 0 amide bonds. The molecular weight excluding hydrogens is 227 g/mol. The maximum absolute atomic E-state index is 13.6. The van der Waals surface area contributed by atoms with Crippen molar-refractivity contribution in [1.82, 2.24) is 4.98 Å². The van der Waals surface area contributed by atoms with E-state index in [2.05, 4.69) is 4.98 Å². The van der Waals surface area contributed by atoms with Crippen LogP contribution < -0.4 is 5.73 Å². The lowest BCUT2D eigenvalue weighted by Crippen LogP contribution is -2.35. The number of rotatable bonds is 3. The van der Waals surface area contributed by atoms with Crippen LogP contribution in [0, 0.1) is 12.7 Å². The van der Waals surface area contributed by atoms with Crippen LogP contribution in [0.1, 0.15) is 23.7 Å². The van der Waals surface area contributed by atoms with Gasteiger partial charge in [-0.2, -0.15) is 0 Å². The van der Waals surface area contributed by atoms with Crippen molar-refractivity contribution in [3.63, 3.8) is 0 Å². The van der Waals surface area contributed by atoms with Crippen molar-refractivity contribution in [3.8, 4) is 0 Å². The molecule has 3 heteroatoms. The predicted molar refractivity (Wildman–Crippen MR) is 70.6 cm³/mol. The lowest BCUT2D eigenvalue weighted by molar-refractivity contribution is 0.473. The van der Waals surface area contributed by atoms with E-state index in [1.165, 1.54) is 6.07 Å². The highest BCUT2D eigenvalue weighted by atomic mass is 19.1. The number of halogens is 1. The summed E-state index contributed by atoms with van der Waals surface area (Å²) in [5.41, 5.74) is 8.15. The third-order valence-electron chi connectivity index (χ3n) is 3.09. The molecule has 0 radical (unpaired) electrons. The van der Waals surface area contributed by atoms with Gasteiger partial charge in [-0.1, -0.05) is 24.3 Å². The van der Waals surface area contributed by atoms with Gasteiger partial charge in [0, 0.05) is 17.4 Å². The summed E-state index contributed by atoms with van der Waals surface area (Å²) in [6, 6.07) is 10.6. The molecule has 1 atom stereocenters. The van der Waals surface area contributed by atoms with Crippen molar-refractivity contribution in [2.24, 2.45) is 5.73 Å². The van der Waals surface area contributed by atoms with Crippen LogP contribution in [0.2, 0.25) is 0 Å². The number of benzene rings is 1. The molecule has 1 aromatic heterocycles. The Balaban J connectivity index is 2.27. The van der Waals surface area contributed by atoms with Crippen LogP contribution in [0.3, 0.4) is 0 Å². The highest BCUT2D eigenvalue weighted by Gasteiger charge is 2.23. The Hall–Kier alpha value is -1.74. The molecule has 0 fully saturated rings. The molecule has 2 aromatic rings. The van der Waals surface area contributed by atoms with Crippen molar-refractivity contribution in [2.75, 3.05) is 0 Å². The van der Waals surface area contributed by atoms with Crippen LogP contribution in [-0.4, -0.2) is 4.98 Å². The van der Waals surface area contributed by atoms with Crippen LogP contribution in [0.5, 0.6) is 0 Å². The van der Waals surface area contributed by atoms with Crippen molar-refractivity contribution >= 4 is 0 Å². The van der Waals surface area contributed by atoms with Gasteiger partial charge in [-0.25, -0.2) is 4.39 Å². The number of nitrogens with zero attached hydrogens (tertiary/aromatic N) is 1. The molecule has 0 spiro atoms. The summed E-state index contributed by atoms with van der Waals surface area (Å²) in [7, 11) is 0. The molecule has 0 saturated heterocycles. The van der Waals surface area contributed by atoms with Crippen molar-refractivity contribution < 1.29 is 4.39 Å². The normalized spacial score (nSPS) is 14.2. The lowest BCUT2D eigenvalue weighted by Gasteiger charge is -2.25. The van der Waals surface area contributed by atoms with Crippen LogP contribution in [-0.2, 0) is 12.0 Å². The molecular formula is C15H17FN2. The van der Waals surface area contributed by atoms with E-state index in [1.807, 2.05) is 32.0 Å². The number of pyridine rings is 1. The molecule has 1 unspecified atom stereocenters. The third kappa shape index (κ3) is 2.74. The second-order valence-corrected chi connectivity index (χ2v) is 4.87. The van der Waals surface area contributed by atoms with Gasteiger partial charge >= 0.3 is 0 Å². The first-order chi connectivity index (χ1) is 8.49. The second kappa shape index (κ2) is 4.86. The third-order valence-corrected chi connectivity index (χ3v) is 3.09. The maximum atomic E-state index is 13.6. The smallest absolute Gasteiger partial charge is 0.126 e. The van der Waals surface area contributed by atoms with Crippen molar-refractivity contribution in [2.45, 2.75) is 25.8 Å². The van der Waals surface area contributed by atoms with Gasteiger partial charge in [0.05, 0.1) is 0 Å². The van der Waals surface area contributed by atoms with E-state index < -0.39 is 5.54 Å². The van der Waals surface area contributed by atoms with E-state index in [4.69, 9.17) is 5.73 Å². The predicted octanol–water partition coefficient (Wildman–Crippen LogP) is 2.95. The molecule has 1 heterocycles. The molecule has 0 saturated carbocycles. The van der Waals surface area contributed by atoms with E-state index in [0.29, 0.717) is 12.0 Å². The highest BCUT2D eigenvalue weighted by molar-refractivity contribution is 5.27. The lowest BCUT2D eigenvalue weighted by atomic mass is 9.87. The monoisotopic (exact) mass is 244 g/mol. The molecule has 0 bridgehead atoms. The maximum Gasteiger partial charge on any atom is 0.126 e. The topological polar surface area (TPSA) is 38.9 Å². The average molecular weight is 244 g/mol. The van der Waals surface area contributed by atoms with Crippen LogP contribution in [0.25, 0.3) is 0 Å². The summed E-state index contributed by atoms with van der Waals surface area (Å²) in [6.07, 6.45) is 2.21. The zero-order chi connectivity index (χ0) is 13.2. The molecule has 2 N–H and O–H groups in total. The van der Waals surface area contributed by atoms with Crippen molar-refractivity contribution in [1.29, 1.82) is 0 Å². The fourth-order valence-electron chi connectivity index (χ4n) is 1.95. The Morgan fingerprint density at radius 3 is 2.56 bits per heavy atom. The van der Waals surface area contributed by atoms with Crippen LogP contribution in [0.4, 0.5) is 4.39 Å². The summed E-state index contributed by atoms with van der Waals surface area (Å²) < 4.78 is 13.6. The zero-order valence-electron chi connectivity index (χ0n) is 10.7. The summed E-state index contributed by atoms with van der Waals surface area (Å²) >= 11 is 0. The van der Waals surface area contributed by atoms with Gasteiger partial charge in [-0.05, 0) is 43.5 Å². The fourth-order valence-corrected chi connectivity index (χ4v) is 1.95. The number of hydrogen-bond acceptors (Lipinski definition) is 2. The van der Waals surface area contributed by atoms with Crippen LogP contribution >= 0.6 is 0 Å². The second-order valence-electron chi connectivity index (χ2n) is 4.87. The number of aryl methyl sites for hydroxylation is 1. The van der Waals surface area contributed by atoms with E-state index in [9.17, 15) is 4.39 Å². The van der Waals surface area contributed by atoms with Gasteiger partial charge in [0.1, 0.15) is 5.82 Å². The molecule has 1 aromatic carbocycles. The molecule has 2 rings (SSSR count). The van der Waals surface area contributed by atoms with E-state index in [1.54, 1.807) is 18.3 Å². The number of hydrogen-bond donors (Lipinski definition) is 1. The average Bonchev–Trinajstić information content (AvgIpc) is 2.32. The standard InChI is InChI=1S/C15H17FN2/c1-11-7-8-13(10-18-11)15(2,17)9-12-5-3-4-6-14(12)16/h3-8,10H,9,17H2,1-2H3. The summed E-state index contributed by atoms with van der Waals surface area (Å²) in [6.45, 7) is 3.82. The number of aromatic nitrogens is 1. The fraction of sp³-hybridized carbons (Fsp3) is 0.267. The Kier molecular flexibility index (Phi) is 3.43.